The predicted octanol–water partition coefficient (Wildman–Crippen LogP) is 3.70. The lowest BCUT2D eigenvalue weighted by Crippen LogP contribution is -2.45. The van der Waals surface area contributed by atoms with Crippen LogP contribution in [0.1, 0.15) is 24.8 Å². The van der Waals surface area contributed by atoms with Gasteiger partial charge in [-0.15, -0.1) is 0 Å². The van der Waals surface area contributed by atoms with Crippen molar-refractivity contribution >= 4 is 17.6 Å². The molecule has 2 unspecified atom stereocenters. The van der Waals surface area contributed by atoms with Gasteiger partial charge in [0.05, 0.1) is 6.42 Å². The van der Waals surface area contributed by atoms with Crippen molar-refractivity contribution in [1.29, 1.82) is 0 Å². The van der Waals surface area contributed by atoms with Gasteiger partial charge in [-0.05, 0) is 42.4 Å². The number of carboxylic acid groups (broad SMARTS) is 1. The van der Waals surface area contributed by atoms with Crippen LogP contribution in [0.5, 0.6) is 0 Å². The fraction of sp³-hybridized carbons (Fsp3) is 0.417. The minimum atomic E-state index is -0.750. The first-order valence-electron chi connectivity index (χ1n) is 10.3. The number of carbonyl (C=O) groups excluding carboxylic acids is 1. The molecule has 5 heteroatoms. The number of likely N-dealkylation sites (tertiary alicyclic amines) is 1. The zero-order valence-electron chi connectivity index (χ0n) is 17.0. The molecule has 1 aliphatic heterocycles. The summed E-state index contributed by atoms with van der Waals surface area (Å²) in [5.41, 5.74) is 2.17. The number of benzene rings is 2. The van der Waals surface area contributed by atoms with Crippen molar-refractivity contribution in [3.05, 3.63) is 66.2 Å². The van der Waals surface area contributed by atoms with Crippen molar-refractivity contribution in [2.75, 3.05) is 31.6 Å². The molecule has 0 aromatic heterocycles. The molecule has 1 amide bonds. The Labute approximate surface area is 172 Å². The Morgan fingerprint density at radius 2 is 1.69 bits per heavy atom. The average Bonchev–Trinajstić information content (AvgIpc) is 2.73. The number of piperidine rings is 1. The van der Waals surface area contributed by atoms with Crippen LogP contribution in [0.15, 0.2) is 60.7 Å². The van der Waals surface area contributed by atoms with Crippen LogP contribution in [0, 0.1) is 11.8 Å². The van der Waals surface area contributed by atoms with Gasteiger partial charge in [0.15, 0.2) is 0 Å². The Bertz CT molecular complexity index is 794. The van der Waals surface area contributed by atoms with Crippen molar-refractivity contribution in [1.82, 2.24) is 4.90 Å². The van der Waals surface area contributed by atoms with Gasteiger partial charge in [0.2, 0.25) is 5.91 Å². The smallest absolute Gasteiger partial charge is 0.303 e. The van der Waals surface area contributed by atoms with Crippen molar-refractivity contribution in [3.63, 3.8) is 0 Å². The molecule has 2 aromatic carbocycles. The Kier molecular flexibility index (Phi) is 7.28. The third-order valence-corrected chi connectivity index (χ3v) is 5.91. The number of hydrogen-bond acceptors (Lipinski definition) is 3. The zero-order chi connectivity index (χ0) is 20.6. The normalized spacial score (nSPS) is 19.0. The maximum Gasteiger partial charge on any atom is 0.303 e. The van der Waals surface area contributed by atoms with Gasteiger partial charge in [-0.3, -0.25) is 9.59 Å². The molecule has 0 bridgehead atoms. The van der Waals surface area contributed by atoms with Gasteiger partial charge >= 0.3 is 5.97 Å². The van der Waals surface area contributed by atoms with E-state index in [2.05, 4.69) is 24.1 Å². The molecule has 0 spiro atoms. The molecular weight excluding hydrogens is 364 g/mol. The van der Waals surface area contributed by atoms with Gasteiger partial charge in [-0.25, -0.2) is 0 Å². The lowest BCUT2D eigenvalue weighted by Gasteiger charge is -2.39. The van der Waals surface area contributed by atoms with Gasteiger partial charge in [0, 0.05) is 38.8 Å². The number of para-hydroxylation sites is 1. The van der Waals surface area contributed by atoms with Crippen molar-refractivity contribution in [2.45, 2.75) is 25.7 Å². The number of carbonyl (C=O) groups is 2. The van der Waals surface area contributed by atoms with Crippen molar-refractivity contribution < 1.29 is 14.7 Å². The van der Waals surface area contributed by atoms with E-state index in [1.165, 1.54) is 0 Å². The van der Waals surface area contributed by atoms with Crippen LogP contribution in [-0.4, -0.2) is 48.6 Å². The van der Waals surface area contributed by atoms with E-state index in [0.717, 1.165) is 30.6 Å². The van der Waals surface area contributed by atoms with E-state index >= 15 is 0 Å². The second-order valence-corrected chi connectivity index (χ2v) is 7.95. The molecule has 5 nitrogen and oxygen atoms in total. The first-order valence-corrected chi connectivity index (χ1v) is 10.3. The topological polar surface area (TPSA) is 60.9 Å². The van der Waals surface area contributed by atoms with Gasteiger partial charge in [-0.2, -0.15) is 0 Å². The standard InChI is InChI=1S/C24H30N2O3/c1-25(22-10-6-3-7-11-22)14-12-21-18-26(15-13-20(21)17-24(28)29)23(27)16-19-8-4-2-5-9-19/h2-11,20-21H,12-18H2,1H3,(H,28,29). The number of nitrogens with zero attached hydrogens (tertiary/aromatic N) is 2. The van der Waals surface area contributed by atoms with Gasteiger partial charge in [0.25, 0.3) is 0 Å². The summed E-state index contributed by atoms with van der Waals surface area (Å²) in [6, 6.07) is 20.0. The first-order chi connectivity index (χ1) is 14.0. The highest BCUT2D eigenvalue weighted by molar-refractivity contribution is 5.79. The lowest BCUT2D eigenvalue weighted by atomic mass is 9.81. The first kappa shape index (κ1) is 20.9. The van der Waals surface area contributed by atoms with E-state index in [1.807, 2.05) is 53.4 Å². The van der Waals surface area contributed by atoms with Crippen LogP contribution in [0.4, 0.5) is 5.69 Å². The number of rotatable bonds is 8. The summed E-state index contributed by atoms with van der Waals surface area (Å²) in [5.74, 6) is -0.296. The zero-order valence-corrected chi connectivity index (χ0v) is 17.0. The average molecular weight is 395 g/mol. The Morgan fingerprint density at radius 3 is 2.34 bits per heavy atom. The summed E-state index contributed by atoms with van der Waals surface area (Å²) in [6.07, 6.45) is 2.21. The molecule has 1 saturated heterocycles. The molecule has 0 radical (unpaired) electrons. The third kappa shape index (κ3) is 6.08. The fourth-order valence-corrected chi connectivity index (χ4v) is 4.18. The van der Waals surface area contributed by atoms with Gasteiger partial charge in [-0.1, -0.05) is 48.5 Å². The fourth-order valence-electron chi connectivity index (χ4n) is 4.18. The highest BCUT2D eigenvalue weighted by Gasteiger charge is 2.32. The molecule has 1 aliphatic rings. The van der Waals surface area contributed by atoms with Gasteiger partial charge in [0.1, 0.15) is 0 Å². The van der Waals surface area contributed by atoms with Crippen LogP contribution < -0.4 is 4.90 Å². The molecule has 1 N–H and O–H groups in total. The molecule has 2 atom stereocenters. The molecule has 154 valence electrons. The maximum absolute atomic E-state index is 12.8. The number of hydrogen-bond donors (Lipinski definition) is 1. The third-order valence-electron chi connectivity index (χ3n) is 5.91. The molecular formula is C24H30N2O3. The highest BCUT2D eigenvalue weighted by Crippen LogP contribution is 2.30. The van der Waals surface area contributed by atoms with Crippen LogP contribution in [0.25, 0.3) is 0 Å². The van der Waals surface area contributed by atoms with Gasteiger partial charge < -0.3 is 14.9 Å². The number of anilines is 1. The van der Waals surface area contributed by atoms with Crippen LogP contribution in [-0.2, 0) is 16.0 Å². The minimum Gasteiger partial charge on any atom is -0.481 e. The lowest BCUT2D eigenvalue weighted by molar-refractivity contribution is -0.139. The second-order valence-electron chi connectivity index (χ2n) is 7.95. The highest BCUT2D eigenvalue weighted by atomic mass is 16.4. The van der Waals surface area contributed by atoms with Crippen LogP contribution in [0.2, 0.25) is 0 Å². The summed E-state index contributed by atoms with van der Waals surface area (Å²) < 4.78 is 0. The van der Waals surface area contributed by atoms with E-state index in [4.69, 9.17) is 0 Å². The maximum atomic E-state index is 12.8. The summed E-state index contributed by atoms with van der Waals surface area (Å²) in [5, 5.41) is 9.32. The summed E-state index contributed by atoms with van der Waals surface area (Å²) >= 11 is 0. The predicted molar refractivity (Wildman–Crippen MR) is 115 cm³/mol. The number of carboxylic acids is 1. The molecule has 0 saturated carbocycles. The van der Waals surface area contributed by atoms with E-state index < -0.39 is 5.97 Å². The summed E-state index contributed by atoms with van der Waals surface area (Å²) in [4.78, 5) is 28.3. The molecule has 0 aliphatic carbocycles. The van der Waals surface area contributed by atoms with E-state index in [-0.39, 0.29) is 24.2 Å². The molecule has 2 aromatic rings. The molecule has 3 rings (SSSR count). The minimum absolute atomic E-state index is 0.123. The van der Waals surface area contributed by atoms with E-state index in [9.17, 15) is 14.7 Å². The van der Waals surface area contributed by atoms with Crippen molar-refractivity contribution in [2.24, 2.45) is 11.8 Å². The van der Waals surface area contributed by atoms with Crippen LogP contribution >= 0.6 is 0 Å². The SMILES string of the molecule is CN(CCC1CN(C(=O)Cc2ccccc2)CCC1CC(=O)O)c1ccccc1. The Morgan fingerprint density at radius 1 is 1.03 bits per heavy atom. The molecule has 1 fully saturated rings. The second kappa shape index (κ2) is 10.1. The van der Waals surface area contributed by atoms with Crippen molar-refractivity contribution in [3.8, 4) is 0 Å². The largest absolute Gasteiger partial charge is 0.481 e. The number of aliphatic carboxylic acids is 1. The molecule has 29 heavy (non-hydrogen) atoms. The molecule has 1 heterocycles. The van der Waals surface area contributed by atoms with E-state index in [1.54, 1.807) is 0 Å². The quantitative estimate of drug-likeness (QED) is 0.742. The summed E-state index contributed by atoms with van der Waals surface area (Å²) in [6.45, 7) is 2.13. The van der Waals surface area contributed by atoms with Crippen LogP contribution in [0.3, 0.4) is 0 Å². The number of amides is 1. The monoisotopic (exact) mass is 394 g/mol. The summed E-state index contributed by atoms with van der Waals surface area (Å²) in [7, 11) is 2.06. The Hall–Kier alpha value is -2.82. The Balaban J connectivity index is 1.62. The van der Waals surface area contributed by atoms with E-state index in [0.29, 0.717) is 19.5 Å².